The number of phosphoric acid groups is 2. The monoisotopic (exact) mass is 1500 g/mol. The predicted octanol–water partition coefficient (Wildman–Crippen LogP) is 23.4. The molecule has 2 unspecified atom stereocenters. The topological polar surface area (TPSA) is 237 Å². The first-order chi connectivity index (χ1) is 50.7. The molecule has 3 N–H and O–H groups in total. The molecule has 0 aliphatic carbocycles. The van der Waals surface area contributed by atoms with Crippen molar-refractivity contribution in [3.05, 3.63) is 146 Å². The van der Waals surface area contributed by atoms with Crippen molar-refractivity contribution in [3.8, 4) is 0 Å². The summed E-state index contributed by atoms with van der Waals surface area (Å²) < 4.78 is 68.5. The van der Waals surface area contributed by atoms with Gasteiger partial charge < -0.3 is 33.8 Å². The molecule has 0 saturated carbocycles. The van der Waals surface area contributed by atoms with Crippen LogP contribution < -0.4 is 0 Å². The van der Waals surface area contributed by atoms with Crippen LogP contribution in [-0.4, -0.2) is 96.7 Å². The van der Waals surface area contributed by atoms with Gasteiger partial charge in [-0.1, -0.05) is 270 Å². The second kappa shape index (κ2) is 76.1. The summed E-state index contributed by atoms with van der Waals surface area (Å²) in [5.41, 5.74) is 0. The molecule has 0 spiro atoms. The number of aliphatic hydroxyl groups is 1. The van der Waals surface area contributed by atoms with Crippen molar-refractivity contribution in [1.29, 1.82) is 0 Å². The summed E-state index contributed by atoms with van der Waals surface area (Å²) in [7, 11) is -10.0. The van der Waals surface area contributed by atoms with E-state index in [1.54, 1.807) is 0 Å². The standard InChI is InChI=1S/C85H142O17P2/c1-5-9-13-17-21-25-29-33-37-39-43-47-51-55-59-63-67-71-84(89)101-80(75-95-82(87)69-65-61-57-53-49-45-41-35-31-27-23-19-15-11-7-3)77-99-103(91,92)97-73-79(86)74-98-104(93,94)100-78-81(76-96-83(88)70-66-62-58-54-50-46-42-36-32-28-24-20-16-12-8-4)102-85(90)72-68-64-60-56-52-48-44-40-38-34-30-26-22-18-14-10-6-2/h21-23,25-28,32-38,41-44,47-48,55-56,59-60,79-81,86H,5-20,24,29-31,39-40,45-46,49-54,57-58,61-78H2,1-4H3,(H,91,92)(H,93,94)/b25-21-,26-22-,27-23-,32-28-,37-33-,38-34-,41-35-,42-36-,47-43-,48-44-,59-55-,60-56-/t79-,80+,81+/m0/s1. The Morgan fingerprint density at radius 2 is 0.510 bits per heavy atom. The summed E-state index contributed by atoms with van der Waals surface area (Å²) in [6.45, 7) is 4.61. The van der Waals surface area contributed by atoms with Crippen LogP contribution in [0, 0.1) is 0 Å². The lowest BCUT2D eigenvalue weighted by molar-refractivity contribution is -0.161. The molecule has 0 fully saturated rings. The van der Waals surface area contributed by atoms with Crippen LogP contribution in [0.4, 0.5) is 0 Å². The van der Waals surface area contributed by atoms with Gasteiger partial charge in [-0.15, -0.1) is 0 Å². The summed E-state index contributed by atoms with van der Waals surface area (Å²) in [5.74, 6) is -2.34. The highest BCUT2D eigenvalue weighted by atomic mass is 31.2. The number of hydrogen-bond donors (Lipinski definition) is 3. The summed E-state index contributed by atoms with van der Waals surface area (Å²) in [4.78, 5) is 73.0. The second-order valence-corrected chi connectivity index (χ2v) is 29.2. The molecule has 0 amide bonds. The maximum Gasteiger partial charge on any atom is 0.472 e. The Morgan fingerprint density at radius 1 is 0.279 bits per heavy atom. The number of carbonyl (C=O) groups excluding carboxylic acids is 4. The summed E-state index contributed by atoms with van der Waals surface area (Å²) >= 11 is 0. The zero-order valence-corrected chi connectivity index (χ0v) is 66.7. The van der Waals surface area contributed by atoms with E-state index in [9.17, 15) is 43.2 Å². The molecule has 0 aromatic rings. The molecule has 0 rings (SSSR count). The van der Waals surface area contributed by atoms with Crippen LogP contribution in [0.3, 0.4) is 0 Å². The van der Waals surface area contributed by atoms with Gasteiger partial charge in [-0.05, 0) is 161 Å². The van der Waals surface area contributed by atoms with Gasteiger partial charge >= 0.3 is 39.5 Å². The minimum absolute atomic E-state index is 0.0102. The van der Waals surface area contributed by atoms with E-state index in [0.29, 0.717) is 38.5 Å². The highest BCUT2D eigenvalue weighted by molar-refractivity contribution is 7.47. The van der Waals surface area contributed by atoms with Crippen LogP contribution in [0.1, 0.15) is 310 Å². The zero-order valence-electron chi connectivity index (χ0n) is 64.9. The third kappa shape index (κ3) is 75.2. The third-order valence-corrected chi connectivity index (χ3v) is 18.2. The lowest BCUT2D eigenvalue weighted by atomic mass is 10.1. The van der Waals surface area contributed by atoms with Crippen molar-refractivity contribution in [2.45, 2.75) is 329 Å². The van der Waals surface area contributed by atoms with Crippen LogP contribution >= 0.6 is 15.6 Å². The Morgan fingerprint density at radius 3 is 0.827 bits per heavy atom. The second-order valence-electron chi connectivity index (χ2n) is 26.3. The van der Waals surface area contributed by atoms with Crippen molar-refractivity contribution in [2.24, 2.45) is 0 Å². The quantitative estimate of drug-likeness (QED) is 0.0128. The molecule has 17 nitrogen and oxygen atoms in total. The van der Waals surface area contributed by atoms with Gasteiger partial charge in [0.25, 0.3) is 0 Å². The maximum atomic E-state index is 13.1. The number of ether oxygens (including phenoxy) is 4. The SMILES string of the molecule is CCCCC/C=C\C/C=C\C/C=C\C/C=C\CCCC(=O)O[C@H](COC(=O)CCCCCCC/C=C\C=C/CCCCCC)COP(=O)(O)OC[C@@H](O)COP(=O)(O)OC[C@@H](COC(=O)CCCCCCC/C=C\C/C=C\CCCCC)OC(=O)CCC/C=C\C/C=C\C/C=C\C/C=C\CCCCC. The lowest BCUT2D eigenvalue weighted by Crippen LogP contribution is -2.30. The molecule has 0 bridgehead atoms. The van der Waals surface area contributed by atoms with E-state index in [2.05, 4.69) is 149 Å². The number of aliphatic hydroxyl groups excluding tert-OH is 1. The van der Waals surface area contributed by atoms with Crippen LogP contribution in [0.2, 0.25) is 0 Å². The number of esters is 4. The van der Waals surface area contributed by atoms with Crippen LogP contribution in [0.25, 0.3) is 0 Å². The molecule has 0 radical (unpaired) electrons. The highest BCUT2D eigenvalue weighted by Crippen LogP contribution is 2.45. The Hall–Kier alpha value is -5.06. The molecular formula is C85H142O17P2. The molecule has 0 aromatic heterocycles. The first kappa shape index (κ1) is 98.9. The summed E-state index contributed by atoms with van der Waals surface area (Å²) in [6.07, 6.45) is 86.9. The first-order valence-corrected chi connectivity index (χ1v) is 43.1. The lowest BCUT2D eigenvalue weighted by Gasteiger charge is -2.21. The minimum atomic E-state index is -5.01. The van der Waals surface area contributed by atoms with Gasteiger partial charge in [-0.3, -0.25) is 37.3 Å². The number of hydrogen-bond acceptors (Lipinski definition) is 15. The van der Waals surface area contributed by atoms with E-state index < -0.39 is 97.5 Å². The fourth-order valence-electron chi connectivity index (χ4n) is 10.1. The molecule has 0 aromatic carbocycles. The van der Waals surface area contributed by atoms with E-state index in [4.69, 9.17) is 37.0 Å². The van der Waals surface area contributed by atoms with E-state index in [-0.39, 0.29) is 25.7 Å². The Bertz CT molecular complexity index is 2540. The normalized spacial score (nSPS) is 14.6. The Labute approximate surface area is 630 Å². The van der Waals surface area contributed by atoms with E-state index in [1.165, 1.54) is 83.5 Å². The van der Waals surface area contributed by atoms with Crippen molar-refractivity contribution < 1.29 is 80.2 Å². The van der Waals surface area contributed by atoms with Crippen LogP contribution in [0.15, 0.2) is 146 Å². The molecule has 594 valence electrons. The van der Waals surface area contributed by atoms with Crippen molar-refractivity contribution in [2.75, 3.05) is 39.6 Å². The smallest absolute Gasteiger partial charge is 0.462 e. The number of unbranched alkanes of at least 4 members (excludes halogenated alkanes) is 25. The number of rotatable bonds is 74. The molecule has 19 heteroatoms. The molecule has 0 aliphatic heterocycles. The van der Waals surface area contributed by atoms with Crippen molar-refractivity contribution in [3.63, 3.8) is 0 Å². The van der Waals surface area contributed by atoms with Crippen LogP contribution in [-0.2, 0) is 65.4 Å². The fourth-order valence-corrected chi connectivity index (χ4v) is 11.7. The van der Waals surface area contributed by atoms with E-state index in [0.717, 1.165) is 135 Å². The third-order valence-electron chi connectivity index (χ3n) is 16.3. The minimum Gasteiger partial charge on any atom is -0.462 e. The van der Waals surface area contributed by atoms with Gasteiger partial charge in [-0.25, -0.2) is 9.13 Å². The first-order valence-electron chi connectivity index (χ1n) is 40.1. The molecule has 0 heterocycles. The maximum absolute atomic E-state index is 13.1. The molecule has 5 atom stereocenters. The van der Waals surface area contributed by atoms with Gasteiger partial charge in [0.1, 0.15) is 19.3 Å². The van der Waals surface area contributed by atoms with Gasteiger partial charge in [0, 0.05) is 25.7 Å². The van der Waals surface area contributed by atoms with E-state index >= 15 is 0 Å². The van der Waals surface area contributed by atoms with Gasteiger partial charge in [0.2, 0.25) is 0 Å². The van der Waals surface area contributed by atoms with Crippen LogP contribution in [0.5, 0.6) is 0 Å². The van der Waals surface area contributed by atoms with Gasteiger partial charge in [0.05, 0.1) is 26.4 Å². The Kier molecular flexibility index (Phi) is 72.4. The van der Waals surface area contributed by atoms with Crippen molar-refractivity contribution in [1.82, 2.24) is 0 Å². The summed E-state index contributed by atoms with van der Waals surface area (Å²) in [6, 6.07) is 0. The Balaban J connectivity index is 5.51. The number of allylic oxidation sites excluding steroid dienone is 24. The highest BCUT2D eigenvalue weighted by Gasteiger charge is 2.30. The average molecular weight is 1500 g/mol. The van der Waals surface area contributed by atoms with Gasteiger partial charge in [0.15, 0.2) is 12.2 Å². The van der Waals surface area contributed by atoms with Gasteiger partial charge in [-0.2, -0.15) is 0 Å². The summed E-state index contributed by atoms with van der Waals surface area (Å²) in [5, 5.41) is 10.6. The molecule has 0 aliphatic rings. The van der Waals surface area contributed by atoms with E-state index in [1.807, 2.05) is 24.3 Å². The average Bonchev–Trinajstić information content (AvgIpc) is 0.907. The predicted molar refractivity (Wildman–Crippen MR) is 427 cm³/mol. The fraction of sp³-hybridized carbons (Fsp3) is 0.671. The molecular weight excluding hydrogens is 1350 g/mol. The molecule has 0 saturated heterocycles. The largest absolute Gasteiger partial charge is 0.472 e. The zero-order chi connectivity index (χ0) is 76.0. The number of carbonyl (C=O) groups is 4. The number of phosphoric ester groups is 2. The molecule has 104 heavy (non-hydrogen) atoms. The van der Waals surface area contributed by atoms with Crippen molar-refractivity contribution >= 4 is 39.5 Å².